The van der Waals surface area contributed by atoms with Gasteiger partial charge in [0, 0.05) is 12.1 Å². The Labute approximate surface area is 126 Å². The maximum Gasteiger partial charge on any atom is 0.341 e. The van der Waals surface area contributed by atoms with E-state index in [9.17, 15) is 4.79 Å². The first-order valence-electron chi connectivity index (χ1n) is 7.88. The zero-order valence-electron chi connectivity index (χ0n) is 13.0. The van der Waals surface area contributed by atoms with Crippen LogP contribution in [-0.4, -0.2) is 36.1 Å². The highest BCUT2D eigenvalue weighted by Gasteiger charge is 2.26. The topological polar surface area (TPSA) is 68.7 Å². The molecule has 5 nitrogen and oxygen atoms in total. The van der Waals surface area contributed by atoms with E-state index in [1.165, 1.54) is 0 Å². The number of hydrogen-bond donors (Lipinski definition) is 1. The number of carbonyl (C=O) groups excluding carboxylic acids is 1. The average Bonchev–Trinajstić information content (AvgIpc) is 2.94. The van der Waals surface area contributed by atoms with Crippen molar-refractivity contribution in [1.82, 2.24) is 4.90 Å². The van der Waals surface area contributed by atoms with Crippen LogP contribution in [0.5, 0.6) is 0 Å². The van der Waals surface area contributed by atoms with Crippen LogP contribution in [0.25, 0.3) is 0 Å². The van der Waals surface area contributed by atoms with Crippen molar-refractivity contribution in [3.05, 3.63) is 23.7 Å². The molecule has 1 heterocycles. The van der Waals surface area contributed by atoms with E-state index in [0.717, 1.165) is 32.2 Å². The van der Waals surface area contributed by atoms with Gasteiger partial charge in [0.2, 0.25) is 0 Å². The van der Waals surface area contributed by atoms with Crippen LogP contribution in [0.15, 0.2) is 16.7 Å². The Morgan fingerprint density at radius 3 is 2.71 bits per heavy atom. The van der Waals surface area contributed by atoms with Crippen LogP contribution in [0, 0.1) is 0 Å². The summed E-state index contributed by atoms with van der Waals surface area (Å²) in [6, 6.07) is 2.56. The molecule has 0 bridgehead atoms. The van der Waals surface area contributed by atoms with E-state index in [2.05, 4.69) is 11.8 Å². The van der Waals surface area contributed by atoms with Crippen molar-refractivity contribution in [2.45, 2.75) is 58.2 Å². The van der Waals surface area contributed by atoms with Crippen molar-refractivity contribution in [2.24, 2.45) is 5.73 Å². The molecule has 0 spiro atoms. The van der Waals surface area contributed by atoms with Gasteiger partial charge in [-0.2, -0.15) is 0 Å². The maximum atomic E-state index is 11.9. The highest BCUT2D eigenvalue weighted by molar-refractivity contribution is 5.90. The van der Waals surface area contributed by atoms with Crippen LogP contribution in [0.4, 0.5) is 0 Å². The van der Waals surface area contributed by atoms with Crippen molar-refractivity contribution < 1.29 is 13.9 Å². The second-order valence-electron chi connectivity index (χ2n) is 5.61. The Hall–Kier alpha value is -1.33. The van der Waals surface area contributed by atoms with Crippen LogP contribution in [-0.2, 0) is 11.3 Å². The van der Waals surface area contributed by atoms with E-state index in [-0.39, 0.29) is 5.97 Å². The lowest BCUT2D eigenvalue weighted by Gasteiger charge is -2.35. The molecule has 1 aromatic rings. The van der Waals surface area contributed by atoms with Gasteiger partial charge in [0.05, 0.1) is 19.4 Å². The number of rotatable bonds is 6. The number of nitrogens with zero attached hydrogens (tertiary/aromatic N) is 1. The van der Waals surface area contributed by atoms with Crippen molar-refractivity contribution in [3.63, 3.8) is 0 Å². The van der Waals surface area contributed by atoms with E-state index in [0.29, 0.717) is 36.6 Å². The minimum atomic E-state index is -0.303. The first-order valence-corrected chi connectivity index (χ1v) is 7.88. The van der Waals surface area contributed by atoms with Crippen LogP contribution in [0.3, 0.4) is 0 Å². The predicted octanol–water partition coefficient (Wildman–Crippen LogP) is 2.55. The summed E-state index contributed by atoms with van der Waals surface area (Å²) in [5.74, 6) is 0.396. The van der Waals surface area contributed by atoms with Crippen molar-refractivity contribution in [1.29, 1.82) is 0 Å². The van der Waals surface area contributed by atoms with E-state index in [1.54, 1.807) is 19.3 Å². The van der Waals surface area contributed by atoms with E-state index in [4.69, 9.17) is 14.9 Å². The Bertz CT molecular complexity index is 450. The zero-order chi connectivity index (χ0) is 15.2. The SMILES string of the molecule is CCOC(=O)c1ccoc1CN(CC)C1CCC(N)CC1. The lowest BCUT2D eigenvalue weighted by Crippen LogP contribution is -2.40. The van der Waals surface area contributed by atoms with Gasteiger partial charge < -0.3 is 14.9 Å². The molecule has 0 unspecified atom stereocenters. The standard InChI is InChI=1S/C16H26N2O3/c1-3-18(13-7-5-12(17)6-8-13)11-15-14(9-10-21-15)16(19)20-4-2/h9-10,12-13H,3-8,11,17H2,1-2H3. The minimum Gasteiger partial charge on any atom is -0.467 e. The smallest absolute Gasteiger partial charge is 0.341 e. The Morgan fingerprint density at radius 2 is 2.10 bits per heavy atom. The van der Waals surface area contributed by atoms with Gasteiger partial charge >= 0.3 is 5.97 Å². The summed E-state index contributed by atoms with van der Waals surface area (Å²) in [6.45, 7) is 5.91. The Morgan fingerprint density at radius 1 is 1.38 bits per heavy atom. The molecular formula is C16H26N2O3. The molecule has 1 fully saturated rings. The number of carbonyl (C=O) groups is 1. The summed E-state index contributed by atoms with van der Waals surface area (Å²) < 4.78 is 10.6. The lowest BCUT2D eigenvalue weighted by molar-refractivity contribution is 0.0520. The Balaban J connectivity index is 2.02. The average molecular weight is 294 g/mol. The molecule has 1 aliphatic rings. The van der Waals surface area contributed by atoms with Gasteiger partial charge in [-0.3, -0.25) is 4.90 Å². The fourth-order valence-corrected chi connectivity index (χ4v) is 3.00. The summed E-state index contributed by atoms with van der Waals surface area (Å²) in [5, 5.41) is 0. The van der Waals surface area contributed by atoms with Crippen molar-refractivity contribution in [3.8, 4) is 0 Å². The summed E-state index contributed by atoms with van der Waals surface area (Å²) in [5.41, 5.74) is 6.52. The second kappa shape index (κ2) is 7.61. The molecule has 2 N–H and O–H groups in total. The third-order valence-corrected chi connectivity index (χ3v) is 4.25. The quantitative estimate of drug-likeness (QED) is 0.817. The number of hydrogen-bond acceptors (Lipinski definition) is 5. The van der Waals surface area contributed by atoms with Gasteiger partial charge in [-0.15, -0.1) is 0 Å². The molecule has 1 saturated carbocycles. The molecule has 0 radical (unpaired) electrons. The minimum absolute atomic E-state index is 0.303. The highest BCUT2D eigenvalue weighted by Crippen LogP contribution is 2.24. The van der Waals surface area contributed by atoms with Gasteiger partial charge in [-0.1, -0.05) is 6.92 Å². The summed E-state index contributed by atoms with van der Waals surface area (Å²) in [7, 11) is 0. The van der Waals surface area contributed by atoms with Gasteiger partial charge in [0.1, 0.15) is 11.3 Å². The van der Waals surface area contributed by atoms with Gasteiger partial charge in [-0.25, -0.2) is 4.79 Å². The molecule has 0 amide bonds. The molecule has 21 heavy (non-hydrogen) atoms. The summed E-state index contributed by atoms with van der Waals surface area (Å²) in [4.78, 5) is 14.3. The van der Waals surface area contributed by atoms with Gasteiger partial charge in [-0.05, 0) is 45.2 Å². The molecule has 0 aromatic carbocycles. The lowest BCUT2D eigenvalue weighted by atomic mass is 9.90. The second-order valence-corrected chi connectivity index (χ2v) is 5.61. The summed E-state index contributed by atoms with van der Waals surface area (Å²) >= 11 is 0. The predicted molar refractivity (Wildman–Crippen MR) is 81.0 cm³/mol. The molecular weight excluding hydrogens is 268 g/mol. The monoisotopic (exact) mass is 294 g/mol. The number of esters is 1. The fourth-order valence-electron chi connectivity index (χ4n) is 3.00. The molecule has 1 aliphatic carbocycles. The number of nitrogens with two attached hydrogens (primary N) is 1. The molecule has 5 heteroatoms. The first-order chi connectivity index (χ1) is 10.2. The number of ether oxygens (including phenoxy) is 1. The highest BCUT2D eigenvalue weighted by atomic mass is 16.5. The molecule has 2 rings (SSSR count). The van der Waals surface area contributed by atoms with E-state index in [1.807, 2.05) is 0 Å². The Kier molecular flexibility index (Phi) is 5.82. The molecule has 1 aromatic heterocycles. The third kappa shape index (κ3) is 4.08. The van der Waals surface area contributed by atoms with Crippen molar-refractivity contribution >= 4 is 5.97 Å². The van der Waals surface area contributed by atoms with E-state index >= 15 is 0 Å². The van der Waals surface area contributed by atoms with Gasteiger partial charge in [0.25, 0.3) is 0 Å². The zero-order valence-corrected chi connectivity index (χ0v) is 13.0. The van der Waals surface area contributed by atoms with Crippen LogP contribution in [0.2, 0.25) is 0 Å². The maximum absolute atomic E-state index is 11.9. The van der Waals surface area contributed by atoms with Crippen LogP contribution >= 0.6 is 0 Å². The van der Waals surface area contributed by atoms with Crippen LogP contribution < -0.4 is 5.73 Å². The first kappa shape index (κ1) is 16.0. The van der Waals surface area contributed by atoms with Crippen molar-refractivity contribution in [2.75, 3.05) is 13.2 Å². The third-order valence-electron chi connectivity index (χ3n) is 4.25. The fraction of sp³-hybridized carbons (Fsp3) is 0.688. The van der Waals surface area contributed by atoms with Crippen LogP contribution in [0.1, 0.15) is 55.6 Å². The summed E-state index contributed by atoms with van der Waals surface area (Å²) in [6.07, 6.45) is 5.94. The normalized spacial score (nSPS) is 22.5. The molecule has 0 atom stereocenters. The molecule has 118 valence electrons. The van der Waals surface area contributed by atoms with Gasteiger partial charge in [0.15, 0.2) is 0 Å². The molecule has 0 saturated heterocycles. The largest absolute Gasteiger partial charge is 0.467 e. The number of furan rings is 1. The van der Waals surface area contributed by atoms with E-state index < -0.39 is 0 Å². The molecule has 0 aliphatic heterocycles.